The van der Waals surface area contributed by atoms with E-state index in [1.54, 1.807) is 12.1 Å². The molecule has 1 saturated heterocycles. The third-order valence-electron chi connectivity index (χ3n) is 6.54. The quantitative estimate of drug-likeness (QED) is 0.487. The van der Waals surface area contributed by atoms with Gasteiger partial charge >= 0.3 is 0 Å². The average Bonchev–Trinajstić information content (AvgIpc) is 3.28. The Hall–Kier alpha value is -3.46. The molecular weight excluding hydrogens is 432 g/mol. The van der Waals surface area contributed by atoms with Gasteiger partial charge in [0.2, 0.25) is 11.8 Å². The Morgan fingerprint density at radius 3 is 2.65 bits per heavy atom. The van der Waals surface area contributed by atoms with E-state index in [0.717, 1.165) is 54.8 Å². The number of ether oxygens (including phenoxy) is 1. The van der Waals surface area contributed by atoms with Crippen molar-refractivity contribution >= 4 is 28.5 Å². The number of carbonyl (C=O) groups excluding carboxylic acids is 2. The molecule has 0 atom stereocenters. The molecule has 34 heavy (non-hydrogen) atoms. The number of carbonyl (C=O) groups is 2. The van der Waals surface area contributed by atoms with Crippen LogP contribution in [-0.4, -0.2) is 70.6 Å². The van der Waals surface area contributed by atoms with Gasteiger partial charge in [0.25, 0.3) is 0 Å². The highest BCUT2D eigenvalue weighted by Crippen LogP contribution is 2.21. The maximum absolute atomic E-state index is 12.7. The molecule has 3 aromatic rings. The van der Waals surface area contributed by atoms with E-state index in [1.165, 1.54) is 0 Å². The first-order valence-corrected chi connectivity index (χ1v) is 11.7. The summed E-state index contributed by atoms with van der Waals surface area (Å²) in [4.78, 5) is 37.1. The number of primary amides is 1. The van der Waals surface area contributed by atoms with Crippen LogP contribution < -0.4 is 10.6 Å². The molecule has 2 N–H and O–H groups in total. The maximum atomic E-state index is 12.7. The van der Waals surface area contributed by atoms with Gasteiger partial charge in [0.05, 0.1) is 24.7 Å². The largest absolute Gasteiger partial charge is 0.370 e. The van der Waals surface area contributed by atoms with Gasteiger partial charge in [-0.15, -0.1) is 0 Å². The molecule has 9 nitrogen and oxygen atoms in total. The summed E-state index contributed by atoms with van der Waals surface area (Å²) in [6.07, 6.45) is 8.27. The lowest BCUT2D eigenvalue weighted by Crippen LogP contribution is -2.47. The third kappa shape index (κ3) is 5.36. The Kier molecular flexibility index (Phi) is 7.42. The summed E-state index contributed by atoms with van der Waals surface area (Å²) in [5.74, 6) is 0.431. The van der Waals surface area contributed by atoms with Gasteiger partial charge in [-0.05, 0) is 42.8 Å². The Labute approximate surface area is 199 Å². The zero-order chi connectivity index (χ0) is 24.1. The molecule has 0 spiro atoms. The highest BCUT2D eigenvalue weighted by molar-refractivity contribution is 5.97. The first-order valence-electron chi connectivity index (χ1n) is 11.7. The summed E-state index contributed by atoms with van der Waals surface area (Å²) in [5.41, 5.74) is 7.78. The van der Waals surface area contributed by atoms with Crippen LogP contribution in [0.4, 0.5) is 5.82 Å². The summed E-state index contributed by atoms with van der Waals surface area (Å²) in [5, 5.41) is 1.03. The van der Waals surface area contributed by atoms with Crippen LogP contribution >= 0.6 is 0 Å². The lowest BCUT2D eigenvalue weighted by atomic mass is 10.0. The predicted octanol–water partition coefficient (Wildman–Crippen LogP) is 2.24. The molecule has 0 saturated carbocycles. The van der Waals surface area contributed by atoms with Gasteiger partial charge in [-0.2, -0.15) is 0 Å². The van der Waals surface area contributed by atoms with Crippen LogP contribution in [0, 0.1) is 0 Å². The molecule has 0 aliphatic carbocycles. The van der Waals surface area contributed by atoms with Crippen LogP contribution in [0.1, 0.15) is 35.8 Å². The van der Waals surface area contributed by atoms with Crippen molar-refractivity contribution in [2.75, 3.05) is 38.3 Å². The van der Waals surface area contributed by atoms with E-state index in [-0.39, 0.29) is 18.6 Å². The van der Waals surface area contributed by atoms with Crippen LogP contribution in [0.15, 0.2) is 42.9 Å². The molecule has 0 bridgehead atoms. The summed E-state index contributed by atoms with van der Waals surface area (Å²) < 4.78 is 7.69. The number of hydrogen-bond acceptors (Lipinski definition) is 6. The van der Waals surface area contributed by atoms with Crippen molar-refractivity contribution < 1.29 is 14.3 Å². The van der Waals surface area contributed by atoms with E-state index < -0.39 is 5.91 Å². The zero-order valence-electron chi connectivity index (χ0n) is 19.8. The SMILES string of the molecule is CCc1cnc(N2CCC(N(C)C(=O)COCCn3ccc4ccc(C(N)=O)cc43)CC2)cn1. The van der Waals surface area contributed by atoms with E-state index in [1.807, 2.05) is 47.2 Å². The Morgan fingerprint density at radius 2 is 1.97 bits per heavy atom. The topological polar surface area (TPSA) is 107 Å². The lowest BCUT2D eigenvalue weighted by Gasteiger charge is -2.37. The van der Waals surface area contributed by atoms with Gasteiger partial charge in [0.15, 0.2) is 0 Å². The van der Waals surface area contributed by atoms with Crippen molar-refractivity contribution in [1.82, 2.24) is 19.4 Å². The van der Waals surface area contributed by atoms with Crippen molar-refractivity contribution in [3.8, 4) is 0 Å². The fraction of sp³-hybridized carbons (Fsp3) is 0.440. The molecule has 9 heteroatoms. The van der Waals surface area contributed by atoms with Crippen LogP contribution in [0.25, 0.3) is 10.9 Å². The normalized spacial score (nSPS) is 14.5. The van der Waals surface area contributed by atoms with Gasteiger partial charge in [0.1, 0.15) is 12.4 Å². The van der Waals surface area contributed by atoms with Crippen LogP contribution in [-0.2, 0) is 22.5 Å². The fourth-order valence-electron chi connectivity index (χ4n) is 4.34. The number of piperidine rings is 1. The van der Waals surface area contributed by atoms with Crippen molar-refractivity contribution in [3.05, 3.63) is 54.1 Å². The number of rotatable bonds is 9. The molecule has 0 radical (unpaired) electrons. The minimum Gasteiger partial charge on any atom is -0.370 e. The number of nitrogens with two attached hydrogens (primary N) is 1. The van der Waals surface area contributed by atoms with Crippen molar-refractivity contribution in [2.45, 2.75) is 38.8 Å². The highest BCUT2D eigenvalue weighted by Gasteiger charge is 2.26. The standard InChI is InChI=1S/C25H32N6O3/c1-3-20-15-28-23(16-27-20)31-10-7-21(8-11-31)29(2)24(32)17-34-13-12-30-9-6-18-4-5-19(25(26)33)14-22(18)30/h4-6,9,14-16,21H,3,7-8,10-13,17H2,1-2H3,(H2,26,33). The molecular formula is C25H32N6O3. The predicted molar refractivity (Wildman–Crippen MR) is 131 cm³/mol. The van der Waals surface area contributed by atoms with Gasteiger partial charge < -0.3 is 24.8 Å². The molecule has 0 unspecified atom stereocenters. The highest BCUT2D eigenvalue weighted by atomic mass is 16.5. The molecule has 1 fully saturated rings. The van der Waals surface area contributed by atoms with E-state index in [2.05, 4.69) is 21.8 Å². The monoisotopic (exact) mass is 464 g/mol. The smallest absolute Gasteiger partial charge is 0.248 e. The molecule has 3 heterocycles. The number of aromatic nitrogens is 3. The number of amides is 2. The summed E-state index contributed by atoms with van der Waals surface area (Å²) in [7, 11) is 1.85. The molecule has 180 valence electrons. The second-order valence-corrected chi connectivity index (χ2v) is 8.64. The number of nitrogens with zero attached hydrogens (tertiary/aromatic N) is 5. The number of benzene rings is 1. The van der Waals surface area contributed by atoms with E-state index >= 15 is 0 Å². The van der Waals surface area contributed by atoms with Crippen LogP contribution in [0.5, 0.6) is 0 Å². The molecule has 1 aliphatic rings. The lowest BCUT2D eigenvalue weighted by molar-refractivity contribution is -0.137. The number of hydrogen-bond donors (Lipinski definition) is 1. The number of anilines is 1. The van der Waals surface area contributed by atoms with Crippen molar-refractivity contribution in [1.29, 1.82) is 0 Å². The number of fused-ring (bicyclic) bond motifs is 1. The van der Waals surface area contributed by atoms with Crippen LogP contribution in [0.3, 0.4) is 0 Å². The molecule has 2 aromatic heterocycles. The van der Waals surface area contributed by atoms with E-state index in [4.69, 9.17) is 10.5 Å². The Balaban J connectivity index is 1.22. The van der Waals surface area contributed by atoms with Gasteiger partial charge in [-0.25, -0.2) is 4.98 Å². The van der Waals surface area contributed by atoms with E-state index in [0.29, 0.717) is 18.7 Å². The molecule has 4 rings (SSSR count). The fourth-order valence-corrected chi connectivity index (χ4v) is 4.34. The average molecular weight is 465 g/mol. The summed E-state index contributed by atoms with van der Waals surface area (Å²) in [6, 6.07) is 7.56. The Bertz CT molecular complexity index is 1140. The van der Waals surface area contributed by atoms with Crippen LogP contribution in [0.2, 0.25) is 0 Å². The Morgan fingerprint density at radius 1 is 1.18 bits per heavy atom. The summed E-state index contributed by atoms with van der Waals surface area (Å²) >= 11 is 0. The zero-order valence-corrected chi connectivity index (χ0v) is 19.8. The maximum Gasteiger partial charge on any atom is 0.248 e. The van der Waals surface area contributed by atoms with E-state index in [9.17, 15) is 9.59 Å². The summed E-state index contributed by atoms with van der Waals surface area (Å²) in [6.45, 7) is 4.78. The second-order valence-electron chi connectivity index (χ2n) is 8.64. The second kappa shape index (κ2) is 10.6. The molecule has 2 amide bonds. The number of likely N-dealkylation sites (N-methyl/N-ethyl adjacent to an activating group) is 1. The first-order chi connectivity index (χ1) is 16.5. The van der Waals surface area contributed by atoms with Gasteiger partial charge in [-0.1, -0.05) is 13.0 Å². The van der Waals surface area contributed by atoms with Gasteiger partial charge in [0, 0.05) is 50.0 Å². The van der Waals surface area contributed by atoms with Crippen molar-refractivity contribution in [2.24, 2.45) is 5.73 Å². The molecule has 1 aliphatic heterocycles. The number of aryl methyl sites for hydroxylation is 1. The first kappa shape index (κ1) is 23.7. The third-order valence-corrected chi connectivity index (χ3v) is 6.54. The molecule has 1 aromatic carbocycles. The van der Waals surface area contributed by atoms with Gasteiger partial charge in [-0.3, -0.25) is 14.6 Å². The van der Waals surface area contributed by atoms with Crippen molar-refractivity contribution in [3.63, 3.8) is 0 Å². The minimum absolute atomic E-state index is 0.0149. The minimum atomic E-state index is -0.451.